The first-order valence-electron chi connectivity index (χ1n) is 11.6. The zero-order valence-electron chi connectivity index (χ0n) is 18.5. The van der Waals surface area contributed by atoms with Gasteiger partial charge in [-0.1, -0.05) is 12.1 Å². The van der Waals surface area contributed by atoms with Crippen molar-refractivity contribution < 1.29 is 10.2 Å². The second-order valence-corrected chi connectivity index (χ2v) is 9.57. The largest absolute Gasteiger partial charge is 0.390 e. The summed E-state index contributed by atoms with van der Waals surface area (Å²) in [5.74, 6) is 1.41. The molecule has 3 aromatic heterocycles. The van der Waals surface area contributed by atoms with Crippen molar-refractivity contribution in [3.63, 3.8) is 0 Å². The lowest BCUT2D eigenvalue weighted by atomic mass is 9.95. The molecule has 0 amide bonds. The van der Waals surface area contributed by atoms with Crippen LogP contribution in [0.5, 0.6) is 0 Å². The number of rotatable bonds is 4. The van der Waals surface area contributed by atoms with Gasteiger partial charge in [0.15, 0.2) is 0 Å². The first kappa shape index (κ1) is 20.4. The number of aromatic nitrogens is 4. The van der Waals surface area contributed by atoms with E-state index < -0.39 is 12.2 Å². The molecule has 1 aliphatic carbocycles. The number of hydrogen-bond donors (Lipinski definition) is 4. The smallest absolute Gasteiger partial charge is 0.145 e. The Labute approximate surface area is 191 Å². The molecular weight excluding hydrogens is 416 g/mol. The lowest BCUT2D eigenvalue weighted by Gasteiger charge is -2.19. The molecule has 33 heavy (non-hydrogen) atoms. The molecule has 2 aliphatic rings. The molecule has 1 aromatic carbocycles. The molecule has 1 aliphatic heterocycles. The number of nitrogen functional groups attached to an aromatic ring is 1. The number of nitrogens with one attached hydrogen (secondary N) is 1. The fourth-order valence-electron chi connectivity index (χ4n) is 5.58. The van der Waals surface area contributed by atoms with Gasteiger partial charge in [0.05, 0.1) is 23.0 Å². The molecule has 170 valence electrons. The fourth-order valence-corrected chi connectivity index (χ4v) is 5.58. The minimum Gasteiger partial charge on any atom is -0.390 e. The molecule has 1 fully saturated rings. The highest BCUT2D eigenvalue weighted by Crippen LogP contribution is 2.40. The van der Waals surface area contributed by atoms with Gasteiger partial charge in [0.25, 0.3) is 0 Å². The Balaban J connectivity index is 1.19. The number of aryl methyl sites for hydroxylation is 1. The highest BCUT2D eigenvalue weighted by Gasteiger charge is 2.42. The quantitative estimate of drug-likeness (QED) is 0.382. The summed E-state index contributed by atoms with van der Waals surface area (Å²) in [6.07, 6.45) is 4.98. The molecule has 4 heterocycles. The van der Waals surface area contributed by atoms with Crippen LogP contribution in [0.15, 0.2) is 42.9 Å². The molecular formula is C25H28N6O2. The van der Waals surface area contributed by atoms with Gasteiger partial charge in [0.1, 0.15) is 29.7 Å². The zero-order valence-corrected chi connectivity index (χ0v) is 18.5. The van der Waals surface area contributed by atoms with Gasteiger partial charge in [0, 0.05) is 17.6 Å². The Morgan fingerprint density at radius 3 is 2.91 bits per heavy atom. The van der Waals surface area contributed by atoms with E-state index in [1.165, 1.54) is 17.5 Å². The van der Waals surface area contributed by atoms with Crippen LogP contribution in [0.25, 0.3) is 21.9 Å². The summed E-state index contributed by atoms with van der Waals surface area (Å²) in [4.78, 5) is 13.2. The van der Waals surface area contributed by atoms with Crippen LogP contribution in [-0.2, 0) is 12.8 Å². The van der Waals surface area contributed by atoms with Crippen molar-refractivity contribution in [3.8, 4) is 0 Å². The van der Waals surface area contributed by atoms with E-state index in [2.05, 4.69) is 46.5 Å². The summed E-state index contributed by atoms with van der Waals surface area (Å²) in [6, 6.07) is 10.7. The van der Waals surface area contributed by atoms with E-state index in [0.717, 1.165) is 41.4 Å². The molecule has 0 radical (unpaired) electrons. The number of pyridine rings is 1. The summed E-state index contributed by atoms with van der Waals surface area (Å²) in [5, 5.41) is 27.0. The van der Waals surface area contributed by atoms with E-state index in [1.807, 2.05) is 16.8 Å². The highest BCUT2D eigenvalue weighted by molar-refractivity contribution is 5.86. The Bertz CT molecular complexity index is 1350. The third-order valence-electron chi connectivity index (χ3n) is 7.34. The van der Waals surface area contributed by atoms with Crippen molar-refractivity contribution in [2.75, 3.05) is 11.1 Å². The minimum atomic E-state index is -0.851. The van der Waals surface area contributed by atoms with Gasteiger partial charge in [-0.2, -0.15) is 0 Å². The van der Waals surface area contributed by atoms with Crippen molar-refractivity contribution in [1.29, 1.82) is 0 Å². The van der Waals surface area contributed by atoms with E-state index >= 15 is 0 Å². The van der Waals surface area contributed by atoms with E-state index in [0.29, 0.717) is 23.9 Å². The fraction of sp³-hybridized carbons (Fsp3) is 0.400. The molecule has 1 unspecified atom stereocenters. The Morgan fingerprint density at radius 2 is 2.03 bits per heavy atom. The predicted octanol–water partition coefficient (Wildman–Crippen LogP) is 2.83. The minimum absolute atomic E-state index is 0.00664. The SMILES string of the molecule is CC1Cc2cc3ccc(CC[C@H]4C[C@@H](n5ccc6c(N)ncnc65)[C@H](O)[C@@H]4O)cc3nc2N1. The third-order valence-corrected chi connectivity index (χ3v) is 7.34. The van der Waals surface area contributed by atoms with Gasteiger partial charge >= 0.3 is 0 Å². The summed E-state index contributed by atoms with van der Waals surface area (Å²) < 4.78 is 1.93. The van der Waals surface area contributed by atoms with Crippen LogP contribution in [0.1, 0.15) is 36.9 Å². The zero-order chi connectivity index (χ0) is 22.7. The lowest BCUT2D eigenvalue weighted by molar-refractivity contribution is 0.00545. The van der Waals surface area contributed by atoms with Gasteiger partial charge in [0.2, 0.25) is 0 Å². The number of nitrogens with zero attached hydrogens (tertiary/aromatic N) is 4. The topological polar surface area (TPSA) is 122 Å². The summed E-state index contributed by atoms with van der Waals surface area (Å²) in [7, 11) is 0. The van der Waals surface area contributed by atoms with Crippen molar-refractivity contribution in [1.82, 2.24) is 19.5 Å². The second-order valence-electron chi connectivity index (χ2n) is 9.57. The standard InChI is InChI=1S/C25H28N6O2/c1-13-8-17-10-15-4-2-14(9-19(15)30-24(17)29-13)3-5-16-11-20(22(33)21(16)32)31-7-6-18-23(26)27-12-28-25(18)31/h2,4,6-7,9-10,12-13,16,20-22,32-33H,3,5,8,11H2,1H3,(H,29,30)(H2,26,27,28)/t13?,16-,20+,21+,22-/m0/s1. The summed E-state index contributed by atoms with van der Waals surface area (Å²) in [5.41, 5.74) is 10.1. The Hall–Kier alpha value is -3.23. The van der Waals surface area contributed by atoms with E-state index in [9.17, 15) is 10.2 Å². The first-order valence-corrected chi connectivity index (χ1v) is 11.6. The molecule has 6 rings (SSSR count). The maximum atomic E-state index is 10.8. The van der Waals surface area contributed by atoms with E-state index in [1.54, 1.807) is 0 Å². The molecule has 1 saturated carbocycles. The van der Waals surface area contributed by atoms with Crippen LogP contribution in [-0.4, -0.2) is 48.0 Å². The average Bonchev–Trinajstić information content (AvgIpc) is 3.46. The molecule has 0 spiro atoms. The maximum absolute atomic E-state index is 10.8. The third kappa shape index (κ3) is 3.41. The molecule has 0 saturated heterocycles. The molecule has 5 atom stereocenters. The molecule has 8 heteroatoms. The molecule has 0 bridgehead atoms. The van der Waals surface area contributed by atoms with E-state index in [4.69, 9.17) is 10.7 Å². The Kier molecular flexibility index (Phi) is 4.74. The van der Waals surface area contributed by atoms with Crippen LogP contribution >= 0.6 is 0 Å². The molecule has 5 N–H and O–H groups in total. The molecule has 4 aromatic rings. The van der Waals surface area contributed by atoms with Gasteiger partial charge in [-0.3, -0.25) is 0 Å². The second kappa shape index (κ2) is 7.67. The number of aliphatic hydroxyl groups excluding tert-OH is 2. The Morgan fingerprint density at radius 1 is 1.15 bits per heavy atom. The van der Waals surface area contributed by atoms with Crippen LogP contribution in [0, 0.1) is 5.92 Å². The van der Waals surface area contributed by atoms with Crippen LogP contribution in [0.4, 0.5) is 11.6 Å². The van der Waals surface area contributed by atoms with Gasteiger partial charge < -0.3 is 25.8 Å². The van der Waals surface area contributed by atoms with Gasteiger partial charge in [-0.25, -0.2) is 15.0 Å². The summed E-state index contributed by atoms with van der Waals surface area (Å²) in [6.45, 7) is 2.17. The number of nitrogens with two attached hydrogens (primary N) is 1. The average molecular weight is 445 g/mol. The maximum Gasteiger partial charge on any atom is 0.145 e. The molecule has 8 nitrogen and oxygen atoms in total. The highest BCUT2D eigenvalue weighted by atomic mass is 16.3. The van der Waals surface area contributed by atoms with Gasteiger partial charge in [-0.15, -0.1) is 0 Å². The van der Waals surface area contributed by atoms with Gasteiger partial charge in [-0.05, 0) is 67.9 Å². The van der Waals surface area contributed by atoms with Crippen molar-refractivity contribution >= 4 is 33.6 Å². The van der Waals surface area contributed by atoms with Crippen molar-refractivity contribution in [2.24, 2.45) is 5.92 Å². The number of anilines is 2. The van der Waals surface area contributed by atoms with E-state index in [-0.39, 0.29) is 12.0 Å². The van der Waals surface area contributed by atoms with Crippen LogP contribution in [0.3, 0.4) is 0 Å². The predicted molar refractivity (Wildman–Crippen MR) is 128 cm³/mol. The number of fused-ring (bicyclic) bond motifs is 3. The van der Waals surface area contributed by atoms with Crippen LogP contribution < -0.4 is 11.1 Å². The number of benzene rings is 1. The first-order chi connectivity index (χ1) is 16.0. The normalized spacial score (nSPS) is 26.7. The van der Waals surface area contributed by atoms with Crippen LogP contribution in [0.2, 0.25) is 0 Å². The summed E-state index contributed by atoms with van der Waals surface area (Å²) >= 11 is 0. The number of hydrogen-bond acceptors (Lipinski definition) is 7. The number of aliphatic hydroxyl groups is 2. The lowest BCUT2D eigenvalue weighted by Crippen LogP contribution is -2.29. The van der Waals surface area contributed by atoms with Crippen molar-refractivity contribution in [3.05, 3.63) is 54.0 Å². The monoisotopic (exact) mass is 444 g/mol. The van der Waals surface area contributed by atoms with Crippen molar-refractivity contribution in [2.45, 2.75) is 56.9 Å².